The van der Waals surface area contributed by atoms with Crippen LogP contribution in [0.4, 0.5) is 0 Å². The number of pyridine rings is 1. The first kappa shape index (κ1) is 16.2. The van der Waals surface area contributed by atoms with E-state index in [4.69, 9.17) is 11.6 Å². The predicted molar refractivity (Wildman–Crippen MR) is 83.6 cm³/mol. The van der Waals surface area contributed by atoms with Crippen molar-refractivity contribution in [2.45, 2.75) is 6.54 Å². The number of guanidine groups is 1. The molecule has 118 valence electrons. The van der Waals surface area contributed by atoms with Gasteiger partial charge in [0, 0.05) is 19.3 Å². The van der Waals surface area contributed by atoms with Crippen molar-refractivity contribution in [3.05, 3.63) is 51.8 Å². The van der Waals surface area contributed by atoms with Crippen LogP contribution in [0.3, 0.4) is 0 Å². The van der Waals surface area contributed by atoms with Gasteiger partial charge < -0.3 is 9.80 Å². The molecule has 0 unspecified atom stereocenters. The summed E-state index contributed by atoms with van der Waals surface area (Å²) in [4.78, 5) is 20.5. The molecule has 0 spiro atoms. The van der Waals surface area contributed by atoms with E-state index in [2.05, 4.69) is 16.7 Å². The summed E-state index contributed by atoms with van der Waals surface area (Å²) in [5.74, 6) is 0.318. The average Bonchev–Trinajstić information content (AvgIpc) is 2.45. The van der Waals surface area contributed by atoms with Gasteiger partial charge in [-0.25, -0.2) is 15.1 Å². The third kappa shape index (κ3) is 4.15. The van der Waals surface area contributed by atoms with Gasteiger partial charge in [0.15, 0.2) is 5.03 Å². The highest BCUT2D eigenvalue weighted by Crippen LogP contribution is 2.14. The number of hydrazone groups is 1. The number of nitrogens with zero attached hydrogens (tertiary/aromatic N) is 6. The number of halogens is 1. The van der Waals surface area contributed by atoms with Gasteiger partial charge in [-0.3, -0.25) is 4.90 Å². The van der Waals surface area contributed by atoms with E-state index in [-0.39, 0.29) is 0 Å². The van der Waals surface area contributed by atoms with Gasteiger partial charge in [-0.2, -0.15) is 0 Å². The van der Waals surface area contributed by atoms with Crippen molar-refractivity contribution < 1.29 is 5.03 Å². The Morgan fingerprint density at radius 3 is 2.82 bits per heavy atom. The minimum atomic E-state index is -0.677. The van der Waals surface area contributed by atoms with E-state index in [1.807, 2.05) is 22.9 Å². The quantitative estimate of drug-likeness (QED) is 0.353. The minimum Gasteiger partial charge on any atom is -0.321 e. The molecule has 1 aromatic rings. The highest BCUT2D eigenvalue weighted by Gasteiger charge is 2.29. The molecule has 22 heavy (non-hydrogen) atoms. The van der Waals surface area contributed by atoms with E-state index in [0.29, 0.717) is 37.5 Å². The molecule has 0 aliphatic carbocycles. The van der Waals surface area contributed by atoms with Crippen LogP contribution < -0.4 is 0 Å². The second-order valence-corrected chi connectivity index (χ2v) is 5.36. The van der Waals surface area contributed by atoms with Crippen molar-refractivity contribution in [1.82, 2.24) is 19.7 Å². The van der Waals surface area contributed by atoms with Gasteiger partial charge in [-0.05, 0) is 18.7 Å². The number of aromatic nitrogens is 1. The van der Waals surface area contributed by atoms with Crippen molar-refractivity contribution in [2.24, 2.45) is 5.10 Å². The van der Waals surface area contributed by atoms with Crippen LogP contribution in [0.25, 0.3) is 0 Å². The zero-order chi connectivity index (χ0) is 16.1. The standard InChI is InChI=1S/C13H17ClN6O2/c1-3-6-18-9-17(2)10-19(13(18)16-20(21)22)8-11-4-5-12(14)15-7-11/h3-5,7H,1,6,8-10H2,2H3/b16-13-. The number of nitro groups is 1. The summed E-state index contributed by atoms with van der Waals surface area (Å²) in [6.07, 6.45) is 3.34. The molecule has 1 fully saturated rings. The fourth-order valence-electron chi connectivity index (χ4n) is 2.29. The minimum absolute atomic E-state index is 0.318. The Hall–Kier alpha value is -2.19. The Labute approximate surface area is 133 Å². The largest absolute Gasteiger partial charge is 0.321 e. The van der Waals surface area contributed by atoms with Crippen LogP contribution in [-0.2, 0) is 6.54 Å². The molecule has 1 aliphatic rings. The Balaban J connectivity index is 2.25. The second-order valence-electron chi connectivity index (χ2n) is 4.97. The van der Waals surface area contributed by atoms with Crippen molar-refractivity contribution >= 4 is 17.6 Å². The second kappa shape index (κ2) is 7.19. The van der Waals surface area contributed by atoms with Gasteiger partial charge in [0.2, 0.25) is 0 Å². The summed E-state index contributed by atoms with van der Waals surface area (Å²) in [6, 6.07) is 3.53. The van der Waals surface area contributed by atoms with Crippen LogP contribution in [0.15, 0.2) is 36.1 Å². The average molecular weight is 325 g/mol. The summed E-state index contributed by atoms with van der Waals surface area (Å²) < 4.78 is 0. The molecule has 8 nitrogen and oxygen atoms in total. The van der Waals surface area contributed by atoms with Crippen LogP contribution >= 0.6 is 11.6 Å². The van der Waals surface area contributed by atoms with Crippen LogP contribution in [0, 0.1) is 10.1 Å². The highest BCUT2D eigenvalue weighted by molar-refractivity contribution is 6.29. The fourth-order valence-corrected chi connectivity index (χ4v) is 2.40. The van der Waals surface area contributed by atoms with Gasteiger partial charge in [0.25, 0.3) is 5.96 Å². The molecule has 9 heteroatoms. The van der Waals surface area contributed by atoms with E-state index < -0.39 is 5.03 Å². The lowest BCUT2D eigenvalue weighted by Crippen LogP contribution is -2.57. The predicted octanol–water partition coefficient (Wildman–Crippen LogP) is 1.43. The van der Waals surface area contributed by atoms with E-state index >= 15 is 0 Å². The first-order valence-electron chi connectivity index (χ1n) is 6.62. The lowest BCUT2D eigenvalue weighted by molar-refractivity contribution is -0.486. The third-order valence-electron chi connectivity index (χ3n) is 3.07. The molecule has 1 saturated heterocycles. The number of hydrogen-bond donors (Lipinski definition) is 0. The topological polar surface area (TPSA) is 78.1 Å². The Kier molecular flexibility index (Phi) is 5.29. The maximum absolute atomic E-state index is 10.8. The molecular weight excluding hydrogens is 308 g/mol. The summed E-state index contributed by atoms with van der Waals surface area (Å²) in [6.45, 7) is 5.70. The summed E-state index contributed by atoms with van der Waals surface area (Å²) in [5, 5.41) is 14.1. The number of hydrogen-bond acceptors (Lipinski definition) is 4. The molecule has 2 heterocycles. The molecule has 0 aromatic carbocycles. The van der Waals surface area contributed by atoms with Crippen LogP contribution in [0.2, 0.25) is 5.15 Å². The maximum atomic E-state index is 10.8. The zero-order valence-corrected chi connectivity index (χ0v) is 13.0. The molecule has 0 amide bonds. The van der Waals surface area contributed by atoms with Crippen LogP contribution in [0.5, 0.6) is 0 Å². The first-order valence-corrected chi connectivity index (χ1v) is 7.00. The van der Waals surface area contributed by atoms with Gasteiger partial charge >= 0.3 is 0 Å². The molecule has 2 rings (SSSR count). The van der Waals surface area contributed by atoms with Crippen molar-refractivity contribution in [1.29, 1.82) is 0 Å². The van der Waals surface area contributed by atoms with Crippen molar-refractivity contribution in [3.8, 4) is 0 Å². The molecule has 1 aromatic heterocycles. The van der Waals surface area contributed by atoms with Crippen molar-refractivity contribution in [3.63, 3.8) is 0 Å². The fraction of sp³-hybridized carbons (Fsp3) is 0.385. The maximum Gasteiger partial charge on any atom is 0.276 e. The third-order valence-corrected chi connectivity index (χ3v) is 3.30. The normalized spacial score (nSPS) is 17.8. The summed E-state index contributed by atoms with van der Waals surface area (Å²) in [7, 11) is 1.94. The lowest BCUT2D eigenvalue weighted by Gasteiger charge is -2.41. The van der Waals surface area contributed by atoms with Gasteiger partial charge in [0.05, 0.1) is 13.3 Å². The monoisotopic (exact) mass is 324 g/mol. The smallest absolute Gasteiger partial charge is 0.276 e. The number of rotatable bonds is 5. The van der Waals surface area contributed by atoms with E-state index in [9.17, 15) is 10.1 Å². The Morgan fingerprint density at radius 1 is 1.50 bits per heavy atom. The molecule has 0 atom stereocenters. The molecule has 0 N–H and O–H groups in total. The summed E-state index contributed by atoms with van der Waals surface area (Å²) in [5.41, 5.74) is 0.898. The van der Waals surface area contributed by atoms with E-state index in [1.54, 1.807) is 23.2 Å². The molecule has 1 aliphatic heterocycles. The molecule has 0 saturated carbocycles. The Bertz CT molecular complexity index is 576. The molecule has 0 bridgehead atoms. The van der Waals surface area contributed by atoms with Crippen LogP contribution in [-0.4, -0.2) is 57.6 Å². The molecule has 0 radical (unpaired) electrons. The van der Waals surface area contributed by atoms with E-state index in [1.165, 1.54) is 0 Å². The zero-order valence-electron chi connectivity index (χ0n) is 12.2. The first-order chi connectivity index (χ1) is 10.5. The van der Waals surface area contributed by atoms with Crippen LogP contribution in [0.1, 0.15) is 5.56 Å². The highest BCUT2D eigenvalue weighted by atomic mass is 35.5. The van der Waals surface area contributed by atoms with Gasteiger partial charge in [-0.15, -0.1) is 6.58 Å². The summed E-state index contributed by atoms with van der Waals surface area (Å²) >= 11 is 5.77. The van der Waals surface area contributed by atoms with Crippen molar-refractivity contribution in [2.75, 3.05) is 26.9 Å². The SMILES string of the molecule is C=CCN1CN(C)CN(Cc2ccc(Cl)nc2)/C1=N\[N+](=O)[O-]. The van der Waals surface area contributed by atoms with E-state index in [0.717, 1.165) is 5.56 Å². The lowest BCUT2D eigenvalue weighted by atomic mass is 10.2. The van der Waals surface area contributed by atoms with Gasteiger partial charge in [0.1, 0.15) is 10.3 Å². The van der Waals surface area contributed by atoms with Gasteiger partial charge in [-0.1, -0.05) is 23.7 Å². The molecular formula is C13H17ClN6O2. The Morgan fingerprint density at radius 2 is 2.23 bits per heavy atom.